The molecule has 1 fully saturated rings. The maximum absolute atomic E-state index is 12.6. The van der Waals surface area contributed by atoms with Crippen LogP contribution in [0.4, 0.5) is 18.9 Å². The largest absolute Gasteiger partial charge is 0.573 e. The van der Waals surface area contributed by atoms with Crippen LogP contribution in [0.15, 0.2) is 53.5 Å². The van der Waals surface area contributed by atoms with Crippen LogP contribution in [0.3, 0.4) is 0 Å². The van der Waals surface area contributed by atoms with Gasteiger partial charge in [0.25, 0.3) is 0 Å². The molecule has 6 nitrogen and oxygen atoms in total. The summed E-state index contributed by atoms with van der Waals surface area (Å²) in [6.45, 7) is 5.19. The molecule has 1 aliphatic heterocycles. The average Bonchev–Trinajstić information content (AvgIpc) is 2.69. The molecule has 1 saturated heterocycles. The van der Waals surface area contributed by atoms with Crippen LogP contribution in [0.25, 0.3) is 0 Å². The molecule has 1 aliphatic rings. The zero-order valence-electron chi connectivity index (χ0n) is 17.1. The lowest BCUT2D eigenvalue weighted by molar-refractivity contribution is -0.274. The van der Waals surface area contributed by atoms with Gasteiger partial charge in [0.15, 0.2) is 11.7 Å². The Kier molecular flexibility index (Phi) is 9.38. The highest BCUT2D eigenvalue weighted by Crippen LogP contribution is 2.30. The monoisotopic (exact) mass is 550 g/mol. The first-order valence-corrected chi connectivity index (χ1v) is 9.62. The maximum atomic E-state index is 12.6. The van der Waals surface area contributed by atoms with Gasteiger partial charge in [-0.25, -0.2) is 0 Å². The van der Waals surface area contributed by atoms with Gasteiger partial charge in [-0.3, -0.25) is 9.89 Å². The van der Waals surface area contributed by atoms with E-state index < -0.39 is 6.36 Å². The van der Waals surface area contributed by atoms with E-state index in [0.29, 0.717) is 19.8 Å². The van der Waals surface area contributed by atoms with E-state index in [0.717, 1.165) is 24.2 Å². The minimum absolute atomic E-state index is 0. The summed E-state index contributed by atoms with van der Waals surface area (Å²) in [5, 5.41) is 2.71. The van der Waals surface area contributed by atoms with Gasteiger partial charge in [0.05, 0.1) is 31.5 Å². The molecule has 1 heterocycles. The van der Waals surface area contributed by atoms with Crippen molar-refractivity contribution >= 4 is 35.6 Å². The number of nitrogens with one attached hydrogen (secondary N) is 1. The number of ether oxygens (including phenoxy) is 2. The average molecular weight is 550 g/mol. The molecule has 0 aliphatic carbocycles. The van der Waals surface area contributed by atoms with E-state index in [1.54, 1.807) is 6.07 Å². The first kappa shape index (κ1) is 25.2. The van der Waals surface area contributed by atoms with Crippen molar-refractivity contribution in [2.45, 2.75) is 19.3 Å². The number of aliphatic imine (C=N–C) groups is 1. The van der Waals surface area contributed by atoms with Crippen LogP contribution in [0.2, 0.25) is 0 Å². The number of aryl methyl sites for hydroxylation is 1. The van der Waals surface area contributed by atoms with E-state index in [1.165, 1.54) is 18.2 Å². The number of hydrogen-bond acceptors (Lipinski definition) is 4. The van der Waals surface area contributed by atoms with Crippen molar-refractivity contribution in [2.75, 3.05) is 38.2 Å². The highest BCUT2D eigenvalue weighted by Gasteiger charge is 2.32. The zero-order chi connectivity index (χ0) is 21.6. The number of hydrogen-bond donors (Lipinski definition) is 2. The Labute approximate surface area is 196 Å². The summed E-state index contributed by atoms with van der Waals surface area (Å²) < 4.78 is 47.3. The molecule has 10 heteroatoms. The third-order valence-electron chi connectivity index (χ3n) is 4.72. The first-order valence-electron chi connectivity index (χ1n) is 9.62. The van der Waals surface area contributed by atoms with Gasteiger partial charge < -0.3 is 20.5 Å². The molecule has 0 aromatic heterocycles. The Balaban J connectivity index is 0.00000341. The van der Waals surface area contributed by atoms with Gasteiger partial charge in [0.1, 0.15) is 0 Å². The molecule has 170 valence electrons. The summed E-state index contributed by atoms with van der Waals surface area (Å²) in [5.74, 6) is -0.356. The SMILES string of the molecule is Cc1cccc(C(CN=C(N)Nc2ccccc2OC(F)(F)F)N2CCOCC2)c1.I. The number of halogens is 4. The number of morpholine rings is 1. The van der Waals surface area contributed by atoms with Gasteiger partial charge in [0.2, 0.25) is 0 Å². The summed E-state index contributed by atoms with van der Waals surface area (Å²) in [6.07, 6.45) is -4.80. The molecule has 0 saturated carbocycles. The first-order chi connectivity index (χ1) is 14.3. The van der Waals surface area contributed by atoms with Crippen LogP contribution >= 0.6 is 24.0 Å². The minimum atomic E-state index is -4.80. The van der Waals surface area contributed by atoms with Crippen LogP contribution in [0.5, 0.6) is 5.75 Å². The highest BCUT2D eigenvalue weighted by molar-refractivity contribution is 14.0. The molecule has 31 heavy (non-hydrogen) atoms. The lowest BCUT2D eigenvalue weighted by Crippen LogP contribution is -2.40. The third kappa shape index (κ3) is 7.86. The van der Waals surface area contributed by atoms with E-state index >= 15 is 0 Å². The number of anilines is 1. The second-order valence-corrected chi connectivity index (χ2v) is 6.97. The maximum Gasteiger partial charge on any atom is 0.573 e. The second kappa shape index (κ2) is 11.5. The number of rotatable bonds is 6. The van der Waals surface area contributed by atoms with Crippen molar-refractivity contribution in [1.29, 1.82) is 0 Å². The van der Waals surface area contributed by atoms with E-state index in [4.69, 9.17) is 10.5 Å². The van der Waals surface area contributed by atoms with Gasteiger partial charge in [-0.1, -0.05) is 42.0 Å². The quantitative estimate of drug-likeness (QED) is 0.319. The fourth-order valence-electron chi connectivity index (χ4n) is 3.34. The summed E-state index contributed by atoms with van der Waals surface area (Å²) >= 11 is 0. The lowest BCUT2D eigenvalue weighted by atomic mass is 10.0. The topological polar surface area (TPSA) is 72.1 Å². The van der Waals surface area contributed by atoms with Gasteiger partial charge in [0, 0.05) is 13.1 Å². The number of para-hydroxylation sites is 2. The smallest absolute Gasteiger partial charge is 0.404 e. The highest BCUT2D eigenvalue weighted by atomic mass is 127. The summed E-state index contributed by atoms with van der Waals surface area (Å²) in [7, 11) is 0. The number of benzene rings is 2. The molecule has 0 amide bonds. The van der Waals surface area contributed by atoms with Crippen molar-refractivity contribution in [2.24, 2.45) is 10.7 Å². The molecule has 0 spiro atoms. The zero-order valence-corrected chi connectivity index (χ0v) is 19.4. The summed E-state index contributed by atoms with van der Waals surface area (Å²) in [6, 6.07) is 13.8. The number of nitrogens with two attached hydrogens (primary N) is 1. The van der Waals surface area contributed by atoms with E-state index in [9.17, 15) is 13.2 Å². The van der Waals surface area contributed by atoms with Crippen molar-refractivity contribution in [3.05, 3.63) is 59.7 Å². The predicted octanol–water partition coefficient (Wildman–Crippen LogP) is 4.31. The lowest BCUT2D eigenvalue weighted by Gasteiger charge is -2.34. The Morgan fingerprint density at radius 2 is 1.90 bits per heavy atom. The van der Waals surface area contributed by atoms with Crippen molar-refractivity contribution in [3.63, 3.8) is 0 Å². The molecule has 3 N–H and O–H groups in total. The van der Waals surface area contributed by atoms with Crippen LogP contribution in [0.1, 0.15) is 17.2 Å². The number of alkyl halides is 3. The standard InChI is InChI=1S/C21H25F3N4O2.HI/c1-15-5-4-6-16(13-15)18(28-9-11-29-12-10-28)14-26-20(25)27-17-7-2-3-8-19(17)30-21(22,23)24;/h2-8,13,18H,9-12,14H2,1H3,(H3,25,26,27);1H. The van der Waals surface area contributed by atoms with E-state index in [-0.39, 0.29) is 47.4 Å². The number of guanidine groups is 1. The van der Waals surface area contributed by atoms with Gasteiger partial charge in [-0.15, -0.1) is 37.1 Å². The van der Waals surface area contributed by atoms with Crippen molar-refractivity contribution in [1.82, 2.24) is 4.90 Å². The third-order valence-corrected chi connectivity index (χ3v) is 4.72. The molecule has 3 rings (SSSR count). The molecule has 0 radical (unpaired) electrons. The Hall–Kier alpha value is -2.05. The Bertz CT molecular complexity index is 874. The molecule has 2 aromatic carbocycles. The Morgan fingerprint density at radius 1 is 1.19 bits per heavy atom. The fourth-order valence-corrected chi connectivity index (χ4v) is 3.34. The van der Waals surface area contributed by atoms with Gasteiger partial charge in [-0.05, 0) is 24.6 Å². The normalized spacial score (nSPS) is 16.3. The van der Waals surface area contributed by atoms with Crippen LogP contribution < -0.4 is 15.8 Å². The van der Waals surface area contributed by atoms with Crippen LogP contribution in [-0.4, -0.2) is 50.1 Å². The molecular formula is C21H26F3IN4O2. The molecule has 2 aromatic rings. The van der Waals surface area contributed by atoms with Crippen molar-refractivity contribution in [3.8, 4) is 5.75 Å². The van der Waals surface area contributed by atoms with E-state index in [1.807, 2.05) is 25.1 Å². The second-order valence-electron chi connectivity index (χ2n) is 6.97. The van der Waals surface area contributed by atoms with E-state index in [2.05, 4.69) is 26.0 Å². The fraction of sp³-hybridized carbons (Fsp3) is 0.381. The summed E-state index contributed by atoms with van der Waals surface area (Å²) in [5.41, 5.74) is 8.32. The van der Waals surface area contributed by atoms with Gasteiger partial charge >= 0.3 is 6.36 Å². The van der Waals surface area contributed by atoms with Crippen LogP contribution in [-0.2, 0) is 4.74 Å². The summed E-state index contributed by atoms with van der Waals surface area (Å²) in [4.78, 5) is 6.68. The molecule has 1 unspecified atom stereocenters. The minimum Gasteiger partial charge on any atom is -0.404 e. The number of nitrogens with zero attached hydrogens (tertiary/aromatic N) is 2. The predicted molar refractivity (Wildman–Crippen MR) is 125 cm³/mol. The molecular weight excluding hydrogens is 524 g/mol. The van der Waals surface area contributed by atoms with Crippen molar-refractivity contribution < 1.29 is 22.6 Å². The molecule has 0 bridgehead atoms. The van der Waals surface area contributed by atoms with Gasteiger partial charge in [-0.2, -0.15) is 0 Å². The Morgan fingerprint density at radius 3 is 2.58 bits per heavy atom. The molecule has 1 atom stereocenters. The van der Waals surface area contributed by atoms with Crippen LogP contribution in [0, 0.1) is 6.92 Å².